The van der Waals surface area contributed by atoms with Crippen molar-refractivity contribution in [2.45, 2.75) is 38.8 Å². The first-order chi connectivity index (χ1) is 8.65. The van der Waals surface area contributed by atoms with Crippen LogP contribution in [0.25, 0.3) is 0 Å². The van der Waals surface area contributed by atoms with Crippen molar-refractivity contribution in [3.63, 3.8) is 0 Å². The number of ether oxygens (including phenoxy) is 2. The van der Waals surface area contributed by atoms with E-state index in [-0.39, 0.29) is 13.0 Å². The molecule has 0 unspecified atom stereocenters. The average molecular weight is 276 g/mol. The lowest BCUT2D eigenvalue weighted by Gasteiger charge is -2.22. The van der Waals surface area contributed by atoms with Gasteiger partial charge in [-0.1, -0.05) is 0 Å². The number of hydrogen-bond donors (Lipinski definition) is 3. The Morgan fingerprint density at radius 1 is 1.21 bits per heavy atom. The molecule has 0 fully saturated rings. The molecule has 2 amide bonds. The van der Waals surface area contributed by atoms with Gasteiger partial charge in [-0.25, -0.2) is 14.4 Å². The molecule has 0 aromatic carbocycles. The van der Waals surface area contributed by atoms with Crippen LogP contribution >= 0.6 is 0 Å². The number of carbonyl (C=O) groups is 3. The Labute approximate surface area is 111 Å². The number of aliphatic carboxylic acids is 1. The molecule has 3 N–H and O–H groups in total. The first kappa shape index (κ1) is 17.0. The van der Waals surface area contributed by atoms with Gasteiger partial charge in [0, 0.05) is 6.54 Å². The van der Waals surface area contributed by atoms with Crippen molar-refractivity contribution in [1.29, 1.82) is 0 Å². The Kier molecular flexibility index (Phi) is 6.67. The number of carboxylic acids is 1. The van der Waals surface area contributed by atoms with Crippen LogP contribution in [0, 0.1) is 0 Å². The van der Waals surface area contributed by atoms with Gasteiger partial charge < -0.3 is 25.2 Å². The minimum absolute atomic E-state index is 0.0175. The third-order valence-corrected chi connectivity index (χ3v) is 1.88. The maximum absolute atomic E-state index is 11.4. The number of methoxy groups -OCH3 is 1. The van der Waals surface area contributed by atoms with Crippen LogP contribution in [0.4, 0.5) is 9.59 Å². The predicted octanol–water partition coefficient (Wildman–Crippen LogP) is 0.710. The van der Waals surface area contributed by atoms with Crippen molar-refractivity contribution in [3.8, 4) is 0 Å². The number of hydrogen-bond acceptors (Lipinski definition) is 5. The summed E-state index contributed by atoms with van der Waals surface area (Å²) in [6.45, 7) is 5.06. The van der Waals surface area contributed by atoms with Gasteiger partial charge in [0.15, 0.2) is 0 Å². The summed E-state index contributed by atoms with van der Waals surface area (Å²) in [5.41, 5.74) is -0.711. The summed E-state index contributed by atoms with van der Waals surface area (Å²) in [6.07, 6.45) is -1.47. The van der Waals surface area contributed by atoms with Gasteiger partial charge in [0.2, 0.25) is 0 Å². The maximum Gasteiger partial charge on any atom is 0.408 e. The second-order valence-corrected chi connectivity index (χ2v) is 4.74. The number of amides is 2. The van der Waals surface area contributed by atoms with E-state index in [4.69, 9.17) is 9.84 Å². The van der Waals surface area contributed by atoms with Crippen LogP contribution in [0.15, 0.2) is 0 Å². The summed E-state index contributed by atoms with van der Waals surface area (Å²) in [4.78, 5) is 33.1. The number of carboxylic acid groups (broad SMARTS) is 1. The van der Waals surface area contributed by atoms with Crippen molar-refractivity contribution in [1.82, 2.24) is 10.6 Å². The summed E-state index contributed by atoms with van der Waals surface area (Å²) in [5.74, 6) is -1.21. The van der Waals surface area contributed by atoms with Crippen LogP contribution in [0.1, 0.15) is 27.2 Å². The van der Waals surface area contributed by atoms with E-state index in [1.165, 1.54) is 7.11 Å². The molecule has 0 rings (SSSR count). The summed E-state index contributed by atoms with van der Waals surface area (Å²) < 4.78 is 9.27. The molecule has 110 valence electrons. The van der Waals surface area contributed by atoms with Crippen molar-refractivity contribution < 1.29 is 29.0 Å². The largest absolute Gasteiger partial charge is 0.480 e. The highest BCUT2D eigenvalue weighted by molar-refractivity contribution is 5.80. The van der Waals surface area contributed by atoms with Crippen LogP contribution in [0.5, 0.6) is 0 Å². The minimum atomic E-state index is -1.21. The summed E-state index contributed by atoms with van der Waals surface area (Å²) in [7, 11) is 1.20. The molecule has 0 aliphatic carbocycles. The lowest BCUT2D eigenvalue weighted by Crippen LogP contribution is -2.45. The zero-order chi connectivity index (χ0) is 15.1. The molecule has 0 saturated carbocycles. The van der Waals surface area contributed by atoms with Gasteiger partial charge in [-0.15, -0.1) is 0 Å². The first-order valence-electron chi connectivity index (χ1n) is 5.70. The third kappa shape index (κ3) is 8.70. The lowest BCUT2D eigenvalue weighted by molar-refractivity contribution is -0.139. The Hall–Kier alpha value is -1.99. The molecule has 0 aliphatic rings. The molecule has 0 aromatic heterocycles. The fraction of sp³-hybridized carbons (Fsp3) is 0.727. The van der Waals surface area contributed by atoms with E-state index < -0.39 is 29.8 Å². The first-order valence-corrected chi connectivity index (χ1v) is 5.70. The van der Waals surface area contributed by atoms with Crippen molar-refractivity contribution in [3.05, 3.63) is 0 Å². The molecule has 8 nitrogen and oxygen atoms in total. The molecule has 0 spiro atoms. The number of carbonyl (C=O) groups excluding carboxylic acids is 2. The highest BCUT2D eigenvalue weighted by Crippen LogP contribution is 2.07. The number of rotatable bonds is 5. The maximum atomic E-state index is 11.4. The summed E-state index contributed by atoms with van der Waals surface area (Å²) in [5, 5.41) is 13.5. The van der Waals surface area contributed by atoms with Crippen LogP contribution in [0.2, 0.25) is 0 Å². The van der Waals surface area contributed by atoms with Crippen LogP contribution in [-0.4, -0.2) is 48.6 Å². The zero-order valence-corrected chi connectivity index (χ0v) is 11.5. The molecule has 0 saturated heterocycles. The van der Waals surface area contributed by atoms with Gasteiger partial charge in [0.1, 0.15) is 11.6 Å². The molecule has 19 heavy (non-hydrogen) atoms. The fourth-order valence-electron chi connectivity index (χ4n) is 1.10. The quantitative estimate of drug-likeness (QED) is 0.681. The number of nitrogens with one attached hydrogen (secondary N) is 2. The Bertz CT molecular complexity index is 337. The molecule has 0 radical (unpaired) electrons. The van der Waals surface area contributed by atoms with Gasteiger partial charge in [-0.3, -0.25) is 0 Å². The van der Waals surface area contributed by atoms with Gasteiger partial charge in [-0.05, 0) is 27.2 Å². The standard InChI is InChI=1S/C11H20N2O6/c1-11(2,3)19-10(17)13-7(8(14)15)5-6-12-9(16)18-4/h7H,5-6H2,1-4H3,(H,12,16)(H,13,17)(H,14,15)/t7-/m0/s1. The van der Waals surface area contributed by atoms with E-state index in [0.29, 0.717) is 0 Å². The Morgan fingerprint density at radius 2 is 1.79 bits per heavy atom. The smallest absolute Gasteiger partial charge is 0.408 e. The van der Waals surface area contributed by atoms with Crippen molar-refractivity contribution >= 4 is 18.2 Å². The summed E-state index contributed by atoms with van der Waals surface area (Å²) >= 11 is 0. The highest BCUT2D eigenvalue weighted by atomic mass is 16.6. The normalized spacial score (nSPS) is 12.2. The fourth-order valence-corrected chi connectivity index (χ4v) is 1.10. The molecule has 8 heteroatoms. The molecular formula is C11H20N2O6. The molecule has 0 aliphatic heterocycles. The molecule has 0 bridgehead atoms. The SMILES string of the molecule is COC(=O)NCC[C@H](NC(=O)OC(C)(C)C)C(=O)O. The number of alkyl carbamates (subject to hydrolysis) is 2. The van der Waals surface area contributed by atoms with E-state index >= 15 is 0 Å². The van der Waals surface area contributed by atoms with Crippen LogP contribution in [0.3, 0.4) is 0 Å². The minimum Gasteiger partial charge on any atom is -0.480 e. The monoisotopic (exact) mass is 276 g/mol. The second kappa shape index (κ2) is 7.45. The van der Waals surface area contributed by atoms with Gasteiger partial charge >= 0.3 is 18.2 Å². The van der Waals surface area contributed by atoms with E-state index in [1.54, 1.807) is 20.8 Å². The van der Waals surface area contributed by atoms with Crippen LogP contribution in [-0.2, 0) is 14.3 Å². The van der Waals surface area contributed by atoms with E-state index in [2.05, 4.69) is 15.4 Å². The lowest BCUT2D eigenvalue weighted by atomic mass is 10.2. The van der Waals surface area contributed by atoms with E-state index in [1.807, 2.05) is 0 Å². The molecule has 0 aromatic rings. The Morgan fingerprint density at radius 3 is 2.21 bits per heavy atom. The molecule has 1 atom stereocenters. The van der Waals surface area contributed by atoms with E-state index in [0.717, 1.165) is 0 Å². The van der Waals surface area contributed by atoms with Crippen molar-refractivity contribution in [2.75, 3.05) is 13.7 Å². The van der Waals surface area contributed by atoms with Gasteiger partial charge in [0.05, 0.1) is 7.11 Å². The zero-order valence-electron chi connectivity index (χ0n) is 11.5. The predicted molar refractivity (Wildman–Crippen MR) is 65.8 cm³/mol. The third-order valence-electron chi connectivity index (χ3n) is 1.88. The van der Waals surface area contributed by atoms with Gasteiger partial charge in [0.25, 0.3) is 0 Å². The average Bonchev–Trinajstić information content (AvgIpc) is 2.24. The highest BCUT2D eigenvalue weighted by Gasteiger charge is 2.23. The topological polar surface area (TPSA) is 114 Å². The molecule has 0 heterocycles. The summed E-state index contributed by atoms with van der Waals surface area (Å²) in [6, 6.07) is -1.15. The Balaban J connectivity index is 4.23. The van der Waals surface area contributed by atoms with Gasteiger partial charge in [-0.2, -0.15) is 0 Å². The van der Waals surface area contributed by atoms with Crippen LogP contribution < -0.4 is 10.6 Å². The molecular weight excluding hydrogens is 256 g/mol. The van der Waals surface area contributed by atoms with Crippen molar-refractivity contribution in [2.24, 2.45) is 0 Å². The van der Waals surface area contributed by atoms with E-state index in [9.17, 15) is 14.4 Å². The second-order valence-electron chi connectivity index (χ2n) is 4.74.